The summed E-state index contributed by atoms with van der Waals surface area (Å²) in [6.07, 6.45) is 1.84. The molecule has 1 fully saturated rings. The fourth-order valence-electron chi connectivity index (χ4n) is 2.24. The molecule has 2 N–H and O–H groups in total. The van der Waals surface area contributed by atoms with Gasteiger partial charge in [-0.25, -0.2) is 4.98 Å². The average molecular weight is 236 g/mol. The standard InChI is InChI=1S/C13H20N2O2/c1-9-5-7-15(8-12(9)17)13-11(10(2)16)4-3-6-14-13/h3-4,6,9-10,12,16-17H,5,7-8H2,1-2H3/t9?,10-,12?/m1/s1. The molecule has 2 rings (SSSR count). The van der Waals surface area contributed by atoms with E-state index in [2.05, 4.69) is 16.8 Å². The molecular formula is C13H20N2O2. The first-order chi connectivity index (χ1) is 8.09. The lowest BCUT2D eigenvalue weighted by Crippen LogP contribution is -2.43. The molecule has 17 heavy (non-hydrogen) atoms. The quantitative estimate of drug-likeness (QED) is 0.813. The third-order valence-electron chi connectivity index (χ3n) is 3.49. The van der Waals surface area contributed by atoms with Gasteiger partial charge in [0.1, 0.15) is 5.82 Å². The lowest BCUT2D eigenvalue weighted by molar-refractivity contribution is 0.102. The van der Waals surface area contributed by atoms with Crippen molar-refractivity contribution in [2.24, 2.45) is 5.92 Å². The summed E-state index contributed by atoms with van der Waals surface area (Å²) in [5.74, 6) is 1.14. The highest BCUT2D eigenvalue weighted by atomic mass is 16.3. The van der Waals surface area contributed by atoms with Crippen LogP contribution in [0.3, 0.4) is 0 Å². The molecule has 0 aliphatic carbocycles. The van der Waals surface area contributed by atoms with E-state index >= 15 is 0 Å². The van der Waals surface area contributed by atoms with Crippen molar-refractivity contribution in [3.8, 4) is 0 Å². The Labute approximate surface area is 102 Å². The molecule has 0 spiro atoms. The maximum absolute atomic E-state index is 9.91. The van der Waals surface area contributed by atoms with Crippen molar-refractivity contribution in [3.05, 3.63) is 23.9 Å². The first kappa shape index (κ1) is 12.3. The minimum Gasteiger partial charge on any atom is -0.391 e. The Kier molecular flexibility index (Phi) is 3.64. The highest BCUT2D eigenvalue weighted by Gasteiger charge is 2.26. The van der Waals surface area contributed by atoms with E-state index in [0.29, 0.717) is 12.5 Å². The number of aliphatic hydroxyl groups excluding tert-OH is 2. The summed E-state index contributed by atoms with van der Waals surface area (Å²) >= 11 is 0. The van der Waals surface area contributed by atoms with Gasteiger partial charge in [-0.15, -0.1) is 0 Å². The first-order valence-electron chi connectivity index (χ1n) is 6.15. The smallest absolute Gasteiger partial charge is 0.134 e. The molecule has 4 heteroatoms. The van der Waals surface area contributed by atoms with Gasteiger partial charge in [0.2, 0.25) is 0 Å². The minimum atomic E-state index is -0.532. The van der Waals surface area contributed by atoms with Crippen LogP contribution in [-0.4, -0.2) is 34.4 Å². The summed E-state index contributed by atoms with van der Waals surface area (Å²) in [5, 5.41) is 19.6. The van der Waals surface area contributed by atoms with Gasteiger partial charge in [-0.1, -0.05) is 13.0 Å². The van der Waals surface area contributed by atoms with Crippen molar-refractivity contribution < 1.29 is 10.2 Å². The number of nitrogens with zero attached hydrogens (tertiary/aromatic N) is 2. The van der Waals surface area contributed by atoms with Crippen LogP contribution < -0.4 is 4.90 Å². The molecule has 1 aliphatic heterocycles. The van der Waals surface area contributed by atoms with E-state index in [9.17, 15) is 10.2 Å². The number of anilines is 1. The van der Waals surface area contributed by atoms with E-state index in [1.807, 2.05) is 12.1 Å². The molecule has 2 unspecified atom stereocenters. The summed E-state index contributed by atoms with van der Waals surface area (Å²) < 4.78 is 0. The number of hydrogen-bond acceptors (Lipinski definition) is 4. The molecule has 0 amide bonds. The molecule has 0 radical (unpaired) electrons. The highest BCUT2D eigenvalue weighted by molar-refractivity contribution is 5.48. The van der Waals surface area contributed by atoms with E-state index < -0.39 is 6.10 Å². The van der Waals surface area contributed by atoms with Crippen LogP contribution in [0.25, 0.3) is 0 Å². The van der Waals surface area contributed by atoms with Crippen LogP contribution in [0.2, 0.25) is 0 Å². The van der Waals surface area contributed by atoms with E-state index in [1.165, 1.54) is 0 Å². The molecular weight excluding hydrogens is 216 g/mol. The normalized spacial score (nSPS) is 26.9. The highest BCUT2D eigenvalue weighted by Crippen LogP contribution is 2.27. The molecule has 94 valence electrons. The van der Waals surface area contributed by atoms with Crippen molar-refractivity contribution in [3.63, 3.8) is 0 Å². The Bertz CT molecular complexity index is 381. The summed E-state index contributed by atoms with van der Waals surface area (Å²) in [6.45, 7) is 5.28. The molecule has 2 heterocycles. The van der Waals surface area contributed by atoms with Crippen molar-refractivity contribution in [2.75, 3.05) is 18.0 Å². The van der Waals surface area contributed by atoms with Crippen LogP contribution >= 0.6 is 0 Å². The Hall–Kier alpha value is -1.13. The summed E-state index contributed by atoms with van der Waals surface area (Å²) in [5.41, 5.74) is 0.828. The van der Waals surface area contributed by atoms with Crippen molar-refractivity contribution in [1.29, 1.82) is 0 Å². The Balaban J connectivity index is 2.22. The number of β-amino-alcohol motifs (C(OH)–C–C–N with tert-alkyl or cyclic N) is 1. The maximum Gasteiger partial charge on any atom is 0.134 e. The number of piperidine rings is 1. The Morgan fingerprint density at radius 2 is 2.29 bits per heavy atom. The van der Waals surface area contributed by atoms with E-state index in [1.54, 1.807) is 13.1 Å². The third-order valence-corrected chi connectivity index (χ3v) is 3.49. The van der Waals surface area contributed by atoms with E-state index in [0.717, 1.165) is 24.3 Å². The van der Waals surface area contributed by atoms with Crippen LogP contribution in [0.1, 0.15) is 31.9 Å². The van der Waals surface area contributed by atoms with Crippen molar-refractivity contribution in [1.82, 2.24) is 4.98 Å². The molecule has 1 aliphatic rings. The lowest BCUT2D eigenvalue weighted by Gasteiger charge is -2.36. The van der Waals surface area contributed by atoms with E-state index in [-0.39, 0.29) is 6.10 Å². The molecule has 3 atom stereocenters. The Morgan fingerprint density at radius 1 is 1.53 bits per heavy atom. The van der Waals surface area contributed by atoms with Gasteiger partial charge < -0.3 is 15.1 Å². The summed E-state index contributed by atoms with van der Waals surface area (Å²) in [4.78, 5) is 6.40. The van der Waals surface area contributed by atoms with Crippen LogP contribution in [0.15, 0.2) is 18.3 Å². The minimum absolute atomic E-state index is 0.312. The maximum atomic E-state index is 9.91. The third kappa shape index (κ3) is 2.58. The molecule has 4 nitrogen and oxygen atoms in total. The van der Waals surface area contributed by atoms with Gasteiger partial charge in [-0.2, -0.15) is 0 Å². The van der Waals surface area contributed by atoms with Crippen LogP contribution in [0.4, 0.5) is 5.82 Å². The zero-order valence-corrected chi connectivity index (χ0v) is 10.4. The van der Waals surface area contributed by atoms with Crippen molar-refractivity contribution >= 4 is 5.82 Å². The number of aromatic nitrogens is 1. The molecule has 0 saturated carbocycles. The first-order valence-corrected chi connectivity index (χ1v) is 6.15. The van der Waals surface area contributed by atoms with Gasteiger partial charge in [0.25, 0.3) is 0 Å². The van der Waals surface area contributed by atoms with Crippen LogP contribution in [-0.2, 0) is 0 Å². The second kappa shape index (κ2) is 5.02. The van der Waals surface area contributed by atoms with Crippen LogP contribution in [0, 0.1) is 5.92 Å². The summed E-state index contributed by atoms with van der Waals surface area (Å²) in [6, 6.07) is 3.71. The lowest BCUT2D eigenvalue weighted by atomic mass is 9.95. The fraction of sp³-hybridized carbons (Fsp3) is 0.615. The van der Waals surface area contributed by atoms with Gasteiger partial charge in [0.05, 0.1) is 12.2 Å². The monoisotopic (exact) mass is 236 g/mol. The topological polar surface area (TPSA) is 56.6 Å². The molecule has 1 aromatic rings. The van der Waals surface area contributed by atoms with Gasteiger partial charge in [0, 0.05) is 24.8 Å². The van der Waals surface area contributed by atoms with Crippen molar-refractivity contribution in [2.45, 2.75) is 32.5 Å². The average Bonchev–Trinajstić information content (AvgIpc) is 2.32. The fourth-order valence-corrected chi connectivity index (χ4v) is 2.24. The number of aliphatic hydroxyl groups is 2. The Morgan fingerprint density at radius 3 is 2.94 bits per heavy atom. The zero-order valence-electron chi connectivity index (χ0n) is 10.4. The largest absolute Gasteiger partial charge is 0.391 e. The van der Waals surface area contributed by atoms with E-state index in [4.69, 9.17) is 0 Å². The molecule has 1 saturated heterocycles. The SMILES string of the molecule is CC1CCN(c2ncccc2[C@@H](C)O)CC1O. The summed E-state index contributed by atoms with van der Waals surface area (Å²) in [7, 11) is 0. The van der Waals surface area contributed by atoms with Gasteiger partial charge in [-0.3, -0.25) is 0 Å². The second-order valence-electron chi connectivity index (χ2n) is 4.87. The van der Waals surface area contributed by atoms with Gasteiger partial charge in [0.15, 0.2) is 0 Å². The molecule has 0 bridgehead atoms. The predicted molar refractivity (Wildman–Crippen MR) is 66.9 cm³/mol. The number of rotatable bonds is 2. The molecule has 0 aromatic carbocycles. The predicted octanol–water partition coefficient (Wildman–Crippen LogP) is 1.34. The zero-order chi connectivity index (χ0) is 12.4. The number of hydrogen-bond donors (Lipinski definition) is 2. The van der Waals surface area contributed by atoms with Crippen LogP contribution in [0.5, 0.6) is 0 Å². The molecule has 1 aromatic heterocycles. The van der Waals surface area contributed by atoms with Gasteiger partial charge >= 0.3 is 0 Å². The second-order valence-corrected chi connectivity index (χ2v) is 4.87. The van der Waals surface area contributed by atoms with Gasteiger partial charge in [-0.05, 0) is 25.3 Å². The number of pyridine rings is 1.